The average molecular weight is 166 g/mol. The zero-order chi connectivity index (χ0) is 8.77. The maximum absolute atomic E-state index is 11.2. The molecular weight excluding hydrogens is 148 g/mol. The van der Waals surface area contributed by atoms with Gasteiger partial charge in [0, 0.05) is 12.8 Å². The van der Waals surface area contributed by atoms with Crippen molar-refractivity contribution in [3.8, 4) is 0 Å². The van der Waals surface area contributed by atoms with Gasteiger partial charge in [0.1, 0.15) is 5.78 Å². The van der Waals surface area contributed by atoms with Gasteiger partial charge in [0.25, 0.3) is 0 Å². The Labute approximate surface area is 74.5 Å². The minimum atomic E-state index is 0.508. The third-order valence-corrected chi connectivity index (χ3v) is 3.96. The van der Waals surface area contributed by atoms with Gasteiger partial charge in [-0.15, -0.1) is 0 Å². The number of fused-ring (bicyclic) bond motifs is 1. The molecule has 2 aliphatic carbocycles. The van der Waals surface area contributed by atoms with Crippen LogP contribution in [0.5, 0.6) is 0 Å². The van der Waals surface area contributed by atoms with Crippen LogP contribution in [0.2, 0.25) is 0 Å². The highest BCUT2D eigenvalue weighted by molar-refractivity contribution is 5.79. The quantitative estimate of drug-likeness (QED) is 0.541. The molecule has 2 aliphatic rings. The summed E-state index contributed by atoms with van der Waals surface area (Å²) in [4.78, 5) is 11.2. The van der Waals surface area contributed by atoms with Gasteiger partial charge in [0.05, 0.1) is 0 Å². The molecule has 0 heterocycles. The van der Waals surface area contributed by atoms with Crippen LogP contribution in [0.4, 0.5) is 0 Å². The molecule has 0 N–H and O–H groups in total. The molecule has 0 bridgehead atoms. The lowest BCUT2D eigenvalue weighted by molar-refractivity contribution is -0.122. The lowest BCUT2D eigenvalue weighted by atomic mass is 9.71. The third kappa shape index (κ3) is 1.19. The highest BCUT2D eigenvalue weighted by Gasteiger charge is 2.44. The molecule has 0 saturated heterocycles. The zero-order valence-corrected chi connectivity index (χ0v) is 8.10. The summed E-state index contributed by atoms with van der Waals surface area (Å²) in [6, 6.07) is 0. The predicted molar refractivity (Wildman–Crippen MR) is 48.9 cm³/mol. The molecule has 0 aromatic carbocycles. The second kappa shape index (κ2) is 2.58. The lowest BCUT2D eigenvalue weighted by Gasteiger charge is -2.33. The molecule has 0 amide bonds. The Bertz CT molecular complexity index is 205. The number of carbonyl (C=O) groups excluding carboxylic acids is 1. The lowest BCUT2D eigenvalue weighted by Crippen LogP contribution is -2.28. The van der Waals surface area contributed by atoms with Crippen molar-refractivity contribution in [3.63, 3.8) is 0 Å². The number of hydrogen-bond acceptors (Lipinski definition) is 1. The Morgan fingerprint density at radius 3 is 2.83 bits per heavy atom. The molecule has 1 nitrogen and oxygen atoms in total. The maximum atomic E-state index is 11.2. The molecule has 1 heteroatoms. The molecule has 2 rings (SSSR count). The fourth-order valence-electron chi connectivity index (χ4n) is 3.16. The summed E-state index contributed by atoms with van der Waals surface area (Å²) in [7, 11) is 0. The Hall–Kier alpha value is -0.330. The first-order valence-corrected chi connectivity index (χ1v) is 5.11. The van der Waals surface area contributed by atoms with Gasteiger partial charge in [-0.1, -0.05) is 13.8 Å². The normalized spacial score (nSPS) is 39.7. The van der Waals surface area contributed by atoms with Crippen molar-refractivity contribution < 1.29 is 4.79 Å². The number of Topliss-reactive ketones (excluding diaryl/α,β-unsaturated/α-hetero) is 1. The molecule has 2 atom stereocenters. The van der Waals surface area contributed by atoms with Crippen LogP contribution in [-0.4, -0.2) is 5.78 Å². The van der Waals surface area contributed by atoms with Gasteiger partial charge in [0.2, 0.25) is 0 Å². The van der Waals surface area contributed by atoms with E-state index in [2.05, 4.69) is 13.8 Å². The number of carbonyl (C=O) groups is 1. The first-order valence-electron chi connectivity index (χ1n) is 5.11. The minimum absolute atomic E-state index is 0.508. The number of hydrogen-bond donors (Lipinski definition) is 0. The van der Waals surface area contributed by atoms with E-state index >= 15 is 0 Å². The van der Waals surface area contributed by atoms with E-state index in [1.807, 2.05) is 0 Å². The highest BCUT2D eigenvalue weighted by Crippen LogP contribution is 2.51. The molecule has 68 valence electrons. The van der Waals surface area contributed by atoms with Crippen LogP contribution < -0.4 is 0 Å². The van der Waals surface area contributed by atoms with E-state index in [1.54, 1.807) is 0 Å². The van der Waals surface area contributed by atoms with Crippen molar-refractivity contribution in [2.24, 2.45) is 17.3 Å². The first-order chi connectivity index (χ1) is 5.59. The first kappa shape index (κ1) is 8.28. The Balaban J connectivity index is 2.13. The molecule has 0 aromatic rings. The van der Waals surface area contributed by atoms with Crippen molar-refractivity contribution in [3.05, 3.63) is 0 Å². The van der Waals surface area contributed by atoms with E-state index in [4.69, 9.17) is 0 Å². The van der Waals surface area contributed by atoms with Gasteiger partial charge >= 0.3 is 0 Å². The summed E-state index contributed by atoms with van der Waals surface area (Å²) >= 11 is 0. The number of rotatable bonds is 0. The van der Waals surface area contributed by atoms with Crippen molar-refractivity contribution >= 4 is 5.78 Å². The zero-order valence-electron chi connectivity index (χ0n) is 8.10. The van der Waals surface area contributed by atoms with E-state index in [9.17, 15) is 4.79 Å². The monoisotopic (exact) mass is 166 g/mol. The van der Waals surface area contributed by atoms with Crippen LogP contribution in [0.15, 0.2) is 0 Å². The maximum Gasteiger partial charge on any atom is 0.133 e. The van der Waals surface area contributed by atoms with Crippen molar-refractivity contribution in [2.75, 3.05) is 0 Å². The summed E-state index contributed by atoms with van der Waals surface area (Å²) < 4.78 is 0. The Kier molecular flexibility index (Phi) is 1.78. The minimum Gasteiger partial charge on any atom is -0.300 e. The number of ketones is 1. The smallest absolute Gasteiger partial charge is 0.133 e. The van der Waals surface area contributed by atoms with E-state index in [-0.39, 0.29) is 0 Å². The standard InChI is InChI=1S/C11H18O/c1-11(2)6-5-8-7-9(12)3-4-10(8)11/h8,10H,3-7H2,1-2H3. The van der Waals surface area contributed by atoms with Crippen LogP contribution in [0.3, 0.4) is 0 Å². The van der Waals surface area contributed by atoms with Crippen LogP contribution in [0.25, 0.3) is 0 Å². The summed E-state index contributed by atoms with van der Waals surface area (Å²) in [5, 5.41) is 0. The topological polar surface area (TPSA) is 17.1 Å². The van der Waals surface area contributed by atoms with Crippen LogP contribution in [0.1, 0.15) is 46.0 Å². The van der Waals surface area contributed by atoms with Crippen molar-refractivity contribution in [1.82, 2.24) is 0 Å². The summed E-state index contributed by atoms with van der Waals surface area (Å²) in [6.07, 6.45) is 5.52. The van der Waals surface area contributed by atoms with Gasteiger partial charge in [-0.2, -0.15) is 0 Å². The van der Waals surface area contributed by atoms with Crippen LogP contribution >= 0.6 is 0 Å². The van der Waals surface area contributed by atoms with Gasteiger partial charge in [0.15, 0.2) is 0 Å². The summed E-state index contributed by atoms with van der Waals surface area (Å²) in [6.45, 7) is 4.74. The fraction of sp³-hybridized carbons (Fsp3) is 0.909. The molecule has 2 saturated carbocycles. The second-order valence-corrected chi connectivity index (χ2v) is 5.18. The molecule has 2 fully saturated rings. The fourth-order valence-corrected chi connectivity index (χ4v) is 3.16. The van der Waals surface area contributed by atoms with Crippen LogP contribution in [-0.2, 0) is 4.79 Å². The molecule has 0 aliphatic heterocycles. The summed E-state index contributed by atoms with van der Waals surface area (Å²) in [5.74, 6) is 2.09. The molecule has 0 radical (unpaired) electrons. The molecule has 0 aromatic heterocycles. The van der Waals surface area contributed by atoms with Gasteiger partial charge in [-0.25, -0.2) is 0 Å². The predicted octanol–water partition coefficient (Wildman–Crippen LogP) is 2.79. The third-order valence-electron chi connectivity index (χ3n) is 3.96. The van der Waals surface area contributed by atoms with Gasteiger partial charge in [-0.3, -0.25) is 4.79 Å². The molecular formula is C11H18O. The largest absolute Gasteiger partial charge is 0.300 e. The molecule has 2 unspecified atom stereocenters. The van der Waals surface area contributed by atoms with Gasteiger partial charge < -0.3 is 0 Å². The SMILES string of the molecule is CC1(C)CCC2CC(=O)CCC21. The Morgan fingerprint density at radius 2 is 2.08 bits per heavy atom. The molecule has 0 spiro atoms. The van der Waals surface area contributed by atoms with E-state index in [0.717, 1.165) is 31.1 Å². The van der Waals surface area contributed by atoms with Gasteiger partial charge in [-0.05, 0) is 36.5 Å². The molecule has 12 heavy (non-hydrogen) atoms. The average Bonchev–Trinajstić information content (AvgIpc) is 2.27. The van der Waals surface area contributed by atoms with Crippen molar-refractivity contribution in [2.45, 2.75) is 46.0 Å². The van der Waals surface area contributed by atoms with E-state index < -0.39 is 0 Å². The van der Waals surface area contributed by atoms with Crippen molar-refractivity contribution in [1.29, 1.82) is 0 Å². The Morgan fingerprint density at radius 1 is 1.33 bits per heavy atom. The second-order valence-electron chi connectivity index (χ2n) is 5.18. The van der Waals surface area contributed by atoms with Crippen LogP contribution in [0, 0.1) is 17.3 Å². The highest BCUT2D eigenvalue weighted by atomic mass is 16.1. The summed E-state index contributed by atoms with van der Waals surface area (Å²) in [5.41, 5.74) is 0.519. The van der Waals surface area contributed by atoms with E-state index in [0.29, 0.717) is 11.2 Å². The van der Waals surface area contributed by atoms with E-state index in [1.165, 1.54) is 12.8 Å².